The predicted molar refractivity (Wildman–Crippen MR) is 125 cm³/mol. The Labute approximate surface area is 196 Å². The van der Waals surface area contributed by atoms with Crippen molar-refractivity contribution in [1.82, 2.24) is 4.57 Å². The third kappa shape index (κ3) is 4.01. The van der Waals surface area contributed by atoms with Gasteiger partial charge in [-0.25, -0.2) is 0 Å². The molecule has 0 radical (unpaired) electrons. The Morgan fingerprint density at radius 1 is 1.12 bits per heavy atom. The summed E-state index contributed by atoms with van der Waals surface area (Å²) in [4.78, 5) is 13.8. The highest BCUT2D eigenvalue weighted by atomic mass is 35.5. The highest BCUT2D eigenvalue weighted by Gasteiger charge is 2.34. The van der Waals surface area contributed by atoms with E-state index in [2.05, 4.69) is 6.07 Å². The number of pyridine rings is 1. The third-order valence-corrected chi connectivity index (χ3v) is 5.93. The first kappa shape index (κ1) is 22.3. The fourth-order valence-corrected chi connectivity index (χ4v) is 4.16. The smallest absolute Gasteiger partial charge is 0.259 e. The maximum atomic E-state index is 13.8. The minimum absolute atomic E-state index is 0.0126. The first-order valence-corrected chi connectivity index (χ1v) is 10.5. The quantitative estimate of drug-likeness (QED) is 0.611. The van der Waals surface area contributed by atoms with Crippen molar-refractivity contribution in [2.24, 2.45) is 5.73 Å². The molecule has 1 aromatic heterocycles. The average Bonchev–Trinajstić information content (AvgIpc) is 2.81. The molecule has 2 heterocycles. The van der Waals surface area contributed by atoms with Crippen LogP contribution in [0.15, 0.2) is 64.8 Å². The standard InChI is InChI=1S/C25H22ClN3O4/c1-14-10-21-23(22(18(12-27)24(28)33-21)16-5-7-17(26)8-6-16)25(30)29(14)13-15-4-9-19(31-2)20(11-15)32-3/h4-11,22H,13,28H2,1-3H3. The minimum Gasteiger partial charge on any atom is -0.493 e. The zero-order valence-corrected chi connectivity index (χ0v) is 19.1. The van der Waals surface area contributed by atoms with Gasteiger partial charge in [0.25, 0.3) is 5.56 Å². The number of hydrogen-bond acceptors (Lipinski definition) is 6. The van der Waals surface area contributed by atoms with Gasteiger partial charge in [-0.1, -0.05) is 29.8 Å². The zero-order chi connectivity index (χ0) is 23.7. The number of fused-ring (bicyclic) bond motifs is 1. The molecular formula is C25H22ClN3O4. The highest BCUT2D eigenvalue weighted by Crippen LogP contribution is 2.40. The molecule has 0 saturated carbocycles. The first-order valence-electron chi connectivity index (χ1n) is 10.2. The fraction of sp³-hybridized carbons (Fsp3) is 0.200. The van der Waals surface area contributed by atoms with Crippen LogP contribution >= 0.6 is 11.6 Å². The van der Waals surface area contributed by atoms with E-state index >= 15 is 0 Å². The number of aromatic nitrogens is 1. The molecule has 4 rings (SSSR count). The van der Waals surface area contributed by atoms with Gasteiger partial charge in [-0.2, -0.15) is 5.26 Å². The van der Waals surface area contributed by atoms with Crippen LogP contribution < -0.4 is 25.5 Å². The molecule has 1 aliphatic heterocycles. The lowest BCUT2D eigenvalue weighted by Gasteiger charge is -2.27. The second kappa shape index (κ2) is 8.93. The Bertz CT molecular complexity index is 1350. The fourth-order valence-electron chi connectivity index (χ4n) is 4.03. The molecule has 1 aliphatic rings. The SMILES string of the molecule is COc1ccc(Cn2c(C)cc3c(c2=O)C(c2ccc(Cl)cc2)C(C#N)=C(N)O3)cc1OC. The van der Waals surface area contributed by atoms with E-state index in [0.717, 1.165) is 11.1 Å². The predicted octanol–water partition coefficient (Wildman–Crippen LogP) is 4.09. The van der Waals surface area contributed by atoms with E-state index in [0.29, 0.717) is 40.1 Å². The summed E-state index contributed by atoms with van der Waals surface area (Å²) in [7, 11) is 3.13. The number of nitriles is 1. The second-order valence-electron chi connectivity index (χ2n) is 7.62. The van der Waals surface area contributed by atoms with Crippen molar-refractivity contribution >= 4 is 11.6 Å². The topological polar surface area (TPSA) is 99.5 Å². The largest absolute Gasteiger partial charge is 0.493 e. The van der Waals surface area contributed by atoms with Gasteiger partial charge < -0.3 is 24.5 Å². The molecule has 3 aromatic rings. The number of nitrogens with two attached hydrogens (primary N) is 1. The number of nitrogens with zero attached hydrogens (tertiary/aromatic N) is 2. The lowest BCUT2D eigenvalue weighted by atomic mass is 9.84. The molecule has 33 heavy (non-hydrogen) atoms. The normalized spacial score (nSPS) is 14.8. The molecule has 0 bridgehead atoms. The van der Waals surface area contributed by atoms with Crippen molar-refractivity contribution in [2.45, 2.75) is 19.4 Å². The van der Waals surface area contributed by atoms with Gasteiger partial charge in [0.15, 0.2) is 11.5 Å². The van der Waals surface area contributed by atoms with Gasteiger partial charge in [0, 0.05) is 16.8 Å². The van der Waals surface area contributed by atoms with E-state index in [1.807, 2.05) is 19.1 Å². The molecule has 1 unspecified atom stereocenters. The monoisotopic (exact) mass is 463 g/mol. The Balaban J connectivity index is 1.87. The summed E-state index contributed by atoms with van der Waals surface area (Å²) in [5.41, 5.74) is 8.60. The van der Waals surface area contributed by atoms with Crippen molar-refractivity contribution in [3.05, 3.63) is 97.7 Å². The number of hydrogen-bond donors (Lipinski definition) is 1. The number of allylic oxidation sites excluding steroid dienone is 1. The average molecular weight is 464 g/mol. The van der Waals surface area contributed by atoms with Gasteiger partial charge in [-0.3, -0.25) is 4.79 Å². The molecule has 1 atom stereocenters. The maximum absolute atomic E-state index is 13.8. The van der Waals surface area contributed by atoms with Crippen LogP contribution in [0.1, 0.15) is 28.3 Å². The number of methoxy groups -OCH3 is 2. The van der Waals surface area contributed by atoms with Crippen LogP contribution in [-0.4, -0.2) is 18.8 Å². The summed E-state index contributed by atoms with van der Waals surface area (Å²) in [6.45, 7) is 2.12. The van der Waals surface area contributed by atoms with Crippen molar-refractivity contribution in [3.63, 3.8) is 0 Å². The summed E-state index contributed by atoms with van der Waals surface area (Å²) in [5, 5.41) is 10.4. The molecule has 7 nitrogen and oxygen atoms in total. The molecular weight excluding hydrogens is 442 g/mol. The van der Waals surface area contributed by atoms with Gasteiger partial charge in [-0.15, -0.1) is 0 Å². The van der Waals surface area contributed by atoms with E-state index in [1.165, 1.54) is 0 Å². The Morgan fingerprint density at radius 2 is 1.82 bits per heavy atom. The maximum Gasteiger partial charge on any atom is 0.259 e. The molecule has 0 fully saturated rings. The van der Waals surface area contributed by atoms with Gasteiger partial charge in [-0.05, 0) is 42.3 Å². The molecule has 8 heteroatoms. The van der Waals surface area contributed by atoms with Crippen LogP contribution in [0, 0.1) is 18.3 Å². The Morgan fingerprint density at radius 3 is 2.45 bits per heavy atom. The first-order chi connectivity index (χ1) is 15.9. The summed E-state index contributed by atoms with van der Waals surface area (Å²) in [5.74, 6) is 0.842. The zero-order valence-electron chi connectivity index (χ0n) is 18.4. The molecule has 2 N–H and O–H groups in total. The number of aryl methyl sites for hydroxylation is 1. The number of benzene rings is 2. The number of ether oxygens (including phenoxy) is 3. The van der Waals surface area contributed by atoms with Crippen LogP contribution in [0.5, 0.6) is 17.2 Å². The molecule has 0 aliphatic carbocycles. The molecule has 2 aromatic carbocycles. The number of rotatable bonds is 5. The van der Waals surface area contributed by atoms with Crippen LogP contribution in [0.25, 0.3) is 0 Å². The van der Waals surface area contributed by atoms with Crippen LogP contribution in [0.3, 0.4) is 0 Å². The second-order valence-corrected chi connectivity index (χ2v) is 8.06. The van der Waals surface area contributed by atoms with Gasteiger partial charge in [0.05, 0.1) is 32.2 Å². The summed E-state index contributed by atoms with van der Waals surface area (Å²) < 4.78 is 18.0. The van der Waals surface area contributed by atoms with E-state index in [4.69, 9.17) is 31.5 Å². The number of halogens is 1. The van der Waals surface area contributed by atoms with E-state index in [1.54, 1.807) is 55.2 Å². The van der Waals surface area contributed by atoms with Crippen molar-refractivity contribution in [2.75, 3.05) is 14.2 Å². The molecule has 168 valence electrons. The lowest BCUT2D eigenvalue weighted by Crippen LogP contribution is -2.33. The van der Waals surface area contributed by atoms with Crippen molar-refractivity contribution in [1.29, 1.82) is 5.26 Å². The summed E-state index contributed by atoms with van der Waals surface area (Å²) >= 11 is 6.05. The van der Waals surface area contributed by atoms with Gasteiger partial charge in [0.2, 0.25) is 5.88 Å². The Hall–Kier alpha value is -3.89. The van der Waals surface area contributed by atoms with E-state index in [9.17, 15) is 10.1 Å². The highest BCUT2D eigenvalue weighted by molar-refractivity contribution is 6.30. The van der Waals surface area contributed by atoms with Gasteiger partial charge >= 0.3 is 0 Å². The van der Waals surface area contributed by atoms with Crippen LogP contribution in [0.2, 0.25) is 5.02 Å². The van der Waals surface area contributed by atoms with Crippen molar-refractivity contribution < 1.29 is 14.2 Å². The third-order valence-electron chi connectivity index (χ3n) is 5.68. The minimum atomic E-state index is -0.666. The van der Waals surface area contributed by atoms with Crippen molar-refractivity contribution in [3.8, 4) is 23.3 Å². The summed E-state index contributed by atoms with van der Waals surface area (Å²) in [6.07, 6.45) is 0. The lowest BCUT2D eigenvalue weighted by molar-refractivity contribution is 0.354. The van der Waals surface area contributed by atoms with E-state index in [-0.39, 0.29) is 17.0 Å². The van der Waals surface area contributed by atoms with E-state index < -0.39 is 5.92 Å². The summed E-state index contributed by atoms with van der Waals surface area (Å²) in [6, 6.07) is 16.4. The molecule has 0 saturated heterocycles. The van der Waals surface area contributed by atoms with Crippen LogP contribution in [0.4, 0.5) is 0 Å². The Kier molecular flexibility index (Phi) is 6.03. The molecule has 0 amide bonds. The van der Waals surface area contributed by atoms with Crippen LogP contribution in [-0.2, 0) is 6.54 Å². The van der Waals surface area contributed by atoms with Gasteiger partial charge in [0.1, 0.15) is 17.4 Å². The molecule has 0 spiro atoms.